The zero-order valence-electron chi connectivity index (χ0n) is 10.7. The maximum absolute atomic E-state index is 11.4. The number of carbonyl (C=O) groups excluding carboxylic acids is 1. The second kappa shape index (κ2) is 7.06. The fraction of sp³-hybridized carbons (Fsp3) is 0.667. The number of rotatable bonds is 7. The Balaban J connectivity index is 2.08. The highest BCUT2D eigenvalue weighted by atomic mass is 16.5. The Morgan fingerprint density at radius 1 is 1.53 bits per heavy atom. The highest BCUT2D eigenvalue weighted by molar-refractivity contribution is 5.77. The largest absolute Gasteiger partial charge is 0.360 e. The summed E-state index contributed by atoms with van der Waals surface area (Å²) >= 11 is 0. The molecule has 1 heterocycles. The van der Waals surface area contributed by atoms with Gasteiger partial charge >= 0.3 is 0 Å². The van der Waals surface area contributed by atoms with Crippen molar-refractivity contribution >= 4 is 5.91 Å². The van der Waals surface area contributed by atoms with Crippen LogP contribution >= 0.6 is 0 Å². The zero-order valence-corrected chi connectivity index (χ0v) is 10.7. The van der Waals surface area contributed by atoms with Gasteiger partial charge in [-0.25, -0.2) is 0 Å². The molecule has 0 saturated carbocycles. The van der Waals surface area contributed by atoms with Gasteiger partial charge in [-0.05, 0) is 19.3 Å². The number of nitrogens with one attached hydrogen (secondary N) is 2. The molecular weight excluding hydrogens is 218 g/mol. The van der Waals surface area contributed by atoms with Crippen LogP contribution in [0.1, 0.15) is 31.7 Å². The van der Waals surface area contributed by atoms with Crippen molar-refractivity contribution in [1.29, 1.82) is 0 Å². The van der Waals surface area contributed by atoms with Crippen molar-refractivity contribution < 1.29 is 9.32 Å². The molecule has 0 fully saturated rings. The first-order valence-corrected chi connectivity index (χ1v) is 5.97. The standard InChI is InChI=1S/C12H21N3O2/c1-9(2)4-5-14-12(16)8-13-7-11-6-10(3)15-17-11/h6,9,13H,4-5,7-8H2,1-3H3,(H,14,16). The molecule has 0 aliphatic rings. The monoisotopic (exact) mass is 239 g/mol. The number of hydrogen-bond acceptors (Lipinski definition) is 4. The van der Waals surface area contributed by atoms with Gasteiger partial charge in [-0.2, -0.15) is 0 Å². The normalized spacial score (nSPS) is 10.8. The Morgan fingerprint density at radius 3 is 2.88 bits per heavy atom. The summed E-state index contributed by atoms with van der Waals surface area (Å²) < 4.78 is 5.01. The lowest BCUT2D eigenvalue weighted by molar-refractivity contribution is -0.120. The second-order valence-corrected chi connectivity index (χ2v) is 4.57. The number of amides is 1. The molecule has 2 N–H and O–H groups in total. The van der Waals surface area contributed by atoms with Gasteiger partial charge in [0.15, 0.2) is 5.76 Å². The number of aromatic nitrogens is 1. The quantitative estimate of drug-likeness (QED) is 0.751. The van der Waals surface area contributed by atoms with Gasteiger partial charge in [0.1, 0.15) is 0 Å². The first-order valence-electron chi connectivity index (χ1n) is 5.97. The molecule has 1 aromatic rings. The van der Waals surface area contributed by atoms with E-state index < -0.39 is 0 Å². The Bertz CT molecular complexity index is 347. The molecule has 17 heavy (non-hydrogen) atoms. The van der Waals surface area contributed by atoms with E-state index in [2.05, 4.69) is 29.6 Å². The smallest absolute Gasteiger partial charge is 0.233 e. The lowest BCUT2D eigenvalue weighted by Gasteiger charge is -2.07. The molecule has 0 unspecified atom stereocenters. The summed E-state index contributed by atoms with van der Waals surface area (Å²) in [4.78, 5) is 11.4. The van der Waals surface area contributed by atoms with E-state index in [9.17, 15) is 4.79 Å². The SMILES string of the molecule is Cc1cc(CNCC(=O)NCCC(C)C)on1. The Kier molecular flexibility index (Phi) is 5.69. The third-order valence-electron chi connectivity index (χ3n) is 2.31. The minimum absolute atomic E-state index is 0.0156. The average Bonchev–Trinajstić information content (AvgIpc) is 2.63. The van der Waals surface area contributed by atoms with Crippen molar-refractivity contribution in [3.05, 3.63) is 17.5 Å². The van der Waals surface area contributed by atoms with Gasteiger partial charge in [-0.1, -0.05) is 19.0 Å². The van der Waals surface area contributed by atoms with Gasteiger partial charge < -0.3 is 15.2 Å². The zero-order chi connectivity index (χ0) is 12.7. The Labute approximate surface area is 102 Å². The van der Waals surface area contributed by atoms with Crippen molar-refractivity contribution in [3.8, 4) is 0 Å². The fourth-order valence-corrected chi connectivity index (χ4v) is 1.36. The van der Waals surface area contributed by atoms with Crippen LogP contribution in [0, 0.1) is 12.8 Å². The molecule has 5 heteroatoms. The van der Waals surface area contributed by atoms with Gasteiger partial charge in [0.2, 0.25) is 5.91 Å². The van der Waals surface area contributed by atoms with Gasteiger partial charge in [0, 0.05) is 12.6 Å². The van der Waals surface area contributed by atoms with Crippen LogP contribution in [0.3, 0.4) is 0 Å². The topological polar surface area (TPSA) is 67.2 Å². The number of hydrogen-bond donors (Lipinski definition) is 2. The molecular formula is C12H21N3O2. The fourth-order valence-electron chi connectivity index (χ4n) is 1.36. The van der Waals surface area contributed by atoms with E-state index in [1.807, 2.05) is 13.0 Å². The summed E-state index contributed by atoms with van der Waals surface area (Å²) in [5, 5.41) is 9.63. The van der Waals surface area contributed by atoms with E-state index in [0.717, 1.165) is 24.4 Å². The molecule has 0 aromatic carbocycles. The molecule has 0 spiro atoms. The summed E-state index contributed by atoms with van der Waals surface area (Å²) in [6, 6.07) is 1.85. The highest BCUT2D eigenvalue weighted by Gasteiger charge is 2.03. The summed E-state index contributed by atoms with van der Waals surface area (Å²) in [6.45, 7) is 7.70. The molecule has 0 bridgehead atoms. The van der Waals surface area contributed by atoms with Crippen LogP contribution < -0.4 is 10.6 Å². The van der Waals surface area contributed by atoms with Crippen molar-refractivity contribution in [2.45, 2.75) is 33.7 Å². The average molecular weight is 239 g/mol. The molecule has 96 valence electrons. The van der Waals surface area contributed by atoms with Crippen LogP contribution in [0.15, 0.2) is 10.6 Å². The van der Waals surface area contributed by atoms with E-state index in [-0.39, 0.29) is 5.91 Å². The second-order valence-electron chi connectivity index (χ2n) is 4.57. The lowest BCUT2D eigenvalue weighted by Crippen LogP contribution is -2.34. The van der Waals surface area contributed by atoms with Crippen molar-refractivity contribution in [2.24, 2.45) is 5.92 Å². The summed E-state index contributed by atoms with van der Waals surface area (Å²) in [5.41, 5.74) is 0.850. The molecule has 5 nitrogen and oxygen atoms in total. The third-order valence-corrected chi connectivity index (χ3v) is 2.31. The summed E-state index contributed by atoms with van der Waals surface area (Å²) in [5.74, 6) is 1.37. The van der Waals surface area contributed by atoms with Crippen LogP contribution in [0.4, 0.5) is 0 Å². The van der Waals surface area contributed by atoms with Crippen LogP contribution in [0.5, 0.6) is 0 Å². The Morgan fingerprint density at radius 2 is 2.29 bits per heavy atom. The predicted octanol–water partition coefficient (Wildman–Crippen LogP) is 1.23. The van der Waals surface area contributed by atoms with E-state index in [1.54, 1.807) is 0 Å². The first kappa shape index (κ1) is 13.7. The highest BCUT2D eigenvalue weighted by Crippen LogP contribution is 2.00. The lowest BCUT2D eigenvalue weighted by atomic mass is 10.1. The molecule has 0 radical (unpaired) electrons. The van der Waals surface area contributed by atoms with E-state index in [0.29, 0.717) is 19.0 Å². The van der Waals surface area contributed by atoms with E-state index >= 15 is 0 Å². The molecule has 1 rings (SSSR count). The predicted molar refractivity (Wildman–Crippen MR) is 65.4 cm³/mol. The van der Waals surface area contributed by atoms with Crippen molar-refractivity contribution in [2.75, 3.05) is 13.1 Å². The van der Waals surface area contributed by atoms with Crippen LogP contribution in [0.2, 0.25) is 0 Å². The van der Waals surface area contributed by atoms with Gasteiger partial charge in [-0.3, -0.25) is 4.79 Å². The summed E-state index contributed by atoms with van der Waals surface area (Å²) in [7, 11) is 0. The number of nitrogens with zero attached hydrogens (tertiary/aromatic N) is 1. The minimum atomic E-state index is 0.0156. The summed E-state index contributed by atoms with van der Waals surface area (Å²) in [6.07, 6.45) is 1.01. The first-order chi connectivity index (χ1) is 8.08. The third kappa shape index (κ3) is 6.06. The number of aryl methyl sites for hydroxylation is 1. The van der Waals surface area contributed by atoms with Crippen LogP contribution in [0.25, 0.3) is 0 Å². The maximum atomic E-state index is 11.4. The van der Waals surface area contributed by atoms with Gasteiger partial charge in [0.05, 0.1) is 18.8 Å². The molecule has 1 amide bonds. The van der Waals surface area contributed by atoms with Gasteiger partial charge in [-0.15, -0.1) is 0 Å². The van der Waals surface area contributed by atoms with Crippen LogP contribution in [-0.4, -0.2) is 24.2 Å². The number of carbonyl (C=O) groups is 1. The van der Waals surface area contributed by atoms with E-state index in [4.69, 9.17) is 4.52 Å². The van der Waals surface area contributed by atoms with Crippen LogP contribution in [-0.2, 0) is 11.3 Å². The van der Waals surface area contributed by atoms with E-state index in [1.165, 1.54) is 0 Å². The molecule has 0 aliphatic carbocycles. The van der Waals surface area contributed by atoms with Gasteiger partial charge in [0.25, 0.3) is 0 Å². The Hall–Kier alpha value is -1.36. The molecule has 1 aromatic heterocycles. The molecule has 0 atom stereocenters. The maximum Gasteiger partial charge on any atom is 0.233 e. The van der Waals surface area contributed by atoms with Crippen molar-refractivity contribution in [3.63, 3.8) is 0 Å². The molecule has 0 saturated heterocycles. The van der Waals surface area contributed by atoms with Crippen molar-refractivity contribution in [1.82, 2.24) is 15.8 Å². The molecule has 0 aliphatic heterocycles. The minimum Gasteiger partial charge on any atom is -0.360 e.